The first-order chi connectivity index (χ1) is 5.24. The number of nitriles is 1. The highest BCUT2D eigenvalue weighted by Crippen LogP contribution is 2.00. The van der Waals surface area contributed by atoms with Gasteiger partial charge in [-0.25, -0.2) is 0 Å². The monoisotopic (exact) mass is 201 g/mol. The third-order valence-electron chi connectivity index (χ3n) is 1.27. The Labute approximate surface area is 76.2 Å². The molecule has 1 aromatic rings. The van der Waals surface area contributed by atoms with Crippen LogP contribution in [0.25, 0.3) is 0 Å². The smallest absolute Gasteiger partial charge is 0.192 e. The molecular formula is C7H5Cl2NSi. The molecule has 11 heavy (non-hydrogen) atoms. The molecule has 0 aliphatic rings. The van der Waals surface area contributed by atoms with Crippen molar-refractivity contribution in [1.82, 2.24) is 0 Å². The van der Waals surface area contributed by atoms with Gasteiger partial charge in [-0.05, 0) is 17.3 Å². The van der Waals surface area contributed by atoms with Gasteiger partial charge >= 0.3 is 0 Å². The van der Waals surface area contributed by atoms with Crippen molar-refractivity contribution in [2.45, 2.75) is 0 Å². The lowest BCUT2D eigenvalue weighted by molar-refractivity contribution is 1.49. The fourth-order valence-electron chi connectivity index (χ4n) is 0.744. The van der Waals surface area contributed by atoms with Gasteiger partial charge in [0.1, 0.15) is 0 Å². The Kier molecular flexibility index (Phi) is 2.95. The Balaban J connectivity index is 3.03. The van der Waals surface area contributed by atoms with Gasteiger partial charge in [-0.15, -0.1) is 22.2 Å². The van der Waals surface area contributed by atoms with E-state index in [4.69, 9.17) is 27.4 Å². The zero-order chi connectivity index (χ0) is 8.27. The molecule has 0 radical (unpaired) electrons. The minimum Gasteiger partial charge on any atom is -0.192 e. The zero-order valence-electron chi connectivity index (χ0n) is 5.59. The van der Waals surface area contributed by atoms with Crippen LogP contribution in [0.2, 0.25) is 0 Å². The van der Waals surface area contributed by atoms with Gasteiger partial charge in [-0.3, -0.25) is 0 Å². The summed E-state index contributed by atoms with van der Waals surface area (Å²) in [5, 5.41) is 9.42. The molecule has 0 fully saturated rings. The summed E-state index contributed by atoms with van der Waals surface area (Å²) in [7, 11) is -1.78. The SMILES string of the molecule is N#Cc1cccc([SiH](Cl)Cl)c1. The molecule has 0 aromatic heterocycles. The van der Waals surface area contributed by atoms with Crippen LogP contribution < -0.4 is 5.19 Å². The van der Waals surface area contributed by atoms with Crippen molar-refractivity contribution in [2.75, 3.05) is 0 Å². The fourth-order valence-corrected chi connectivity index (χ4v) is 2.12. The lowest BCUT2D eigenvalue weighted by Crippen LogP contribution is -2.17. The molecule has 0 heterocycles. The summed E-state index contributed by atoms with van der Waals surface area (Å²) in [5.74, 6) is 0. The van der Waals surface area contributed by atoms with E-state index in [1.165, 1.54) is 0 Å². The van der Waals surface area contributed by atoms with Crippen LogP contribution in [-0.2, 0) is 0 Å². The maximum absolute atomic E-state index is 8.52. The molecule has 0 unspecified atom stereocenters. The van der Waals surface area contributed by atoms with E-state index in [0.717, 1.165) is 5.19 Å². The van der Waals surface area contributed by atoms with Gasteiger partial charge in [0.25, 0.3) is 7.42 Å². The minimum atomic E-state index is -1.78. The average molecular weight is 202 g/mol. The number of hydrogen-bond donors (Lipinski definition) is 0. The van der Waals surface area contributed by atoms with E-state index in [9.17, 15) is 0 Å². The first kappa shape index (κ1) is 8.60. The second-order valence-electron chi connectivity index (χ2n) is 2.04. The van der Waals surface area contributed by atoms with Gasteiger partial charge < -0.3 is 0 Å². The molecule has 0 N–H and O–H groups in total. The molecule has 0 aliphatic carbocycles. The highest BCUT2D eigenvalue weighted by molar-refractivity contribution is 7.39. The predicted molar refractivity (Wildman–Crippen MR) is 49.6 cm³/mol. The van der Waals surface area contributed by atoms with Crippen molar-refractivity contribution in [3.63, 3.8) is 0 Å². The highest BCUT2D eigenvalue weighted by Gasteiger charge is 2.05. The largest absolute Gasteiger partial charge is 0.266 e. The molecular weight excluding hydrogens is 197 g/mol. The molecule has 1 nitrogen and oxygen atoms in total. The van der Waals surface area contributed by atoms with Crippen molar-refractivity contribution in [3.05, 3.63) is 29.8 Å². The standard InChI is InChI=1S/C7H5Cl2NSi/c8-11(9)7-3-1-2-6(4-7)5-10/h1-4,11H. The second-order valence-corrected chi connectivity index (χ2v) is 6.59. The number of nitrogens with zero attached hydrogens (tertiary/aromatic N) is 1. The summed E-state index contributed by atoms with van der Waals surface area (Å²) in [6.07, 6.45) is 0. The van der Waals surface area contributed by atoms with E-state index < -0.39 is 7.42 Å². The molecule has 0 saturated heterocycles. The Morgan fingerprint density at radius 1 is 1.36 bits per heavy atom. The molecule has 0 aliphatic heterocycles. The summed E-state index contributed by atoms with van der Waals surface area (Å²) >= 11 is 11.5. The van der Waals surface area contributed by atoms with E-state index in [-0.39, 0.29) is 0 Å². The summed E-state index contributed by atoms with van der Waals surface area (Å²) in [5.41, 5.74) is 0.612. The third kappa shape index (κ3) is 2.23. The molecule has 1 rings (SSSR count). The van der Waals surface area contributed by atoms with Gasteiger partial charge in [0.15, 0.2) is 0 Å². The fraction of sp³-hybridized carbons (Fsp3) is 0. The maximum atomic E-state index is 8.52. The van der Waals surface area contributed by atoms with Gasteiger partial charge in [0, 0.05) is 0 Å². The number of rotatable bonds is 1. The highest BCUT2D eigenvalue weighted by atomic mass is 35.7. The van der Waals surface area contributed by atoms with Crippen LogP contribution in [-0.4, -0.2) is 7.42 Å². The second kappa shape index (κ2) is 3.77. The van der Waals surface area contributed by atoms with Crippen LogP contribution in [0.4, 0.5) is 0 Å². The topological polar surface area (TPSA) is 23.8 Å². The quantitative estimate of drug-likeness (QED) is 0.499. The summed E-state index contributed by atoms with van der Waals surface area (Å²) in [6.45, 7) is 0. The lowest BCUT2D eigenvalue weighted by Gasteiger charge is -1.97. The summed E-state index contributed by atoms with van der Waals surface area (Å²) < 4.78 is 0. The average Bonchev–Trinajstić information content (AvgIpc) is 2.05. The van der Waals surface area contributed by atoms with Gasteiger partial charge in [0.2, 0.25) is 0 Å². The summed E-state index contributed by atoms with van der Waals surface area (Å²) in [4.78, 5) is 0. The molecule has 0 bridgehead atoms. The van der Waals surface area contributed by atoms with Crippen LogP contribution in [0.1, 0.15) is 5.56 Å². The van der Waals surface area contributed by atoms with Crippen LogP contribution in [0.5, 0.6) is 0 Å². The number of halogens is 2. The van der Waals surface area contributed by atoms with Crippen molar-refractivity contribution in [1.29, 1.82) is 5.26 Å². The van der Waals surface area contributed by atoms with Crippen molar-refractivity contribution in [2.24, 2.45) is 0 Å². The Morgan fingerprint density at radius 2 is 2.09 bits per heavy atom. The van der Waals surface area contributed by atoms with Crippen LogP contribution in [0.15, 0.2) is 24.3 Å². The first-order valence-electron chi connectivity index (χ1n) is 3.02. The van der Waals surface area contributed by atoms with E-state index in [2.05, 4.69) is 0 Å². The van der Waals surface area contributed by atoms with E-state index in [0.29, 0.717) is 5.56 Å². The molecule has 0 spiro atoms. The summed E-state index contributed by atoms with van der Waals surface area (Å²) in [6, 6.07) is 9.13. The van der Waals surface area contributed by atoms with Gasteiger partial charge in [0.05, 0.1) is 11.6 Å². The molecule has 0 atom stereocenters. The van der Waals surface area contributed by atoms with Gasteiger partial charge in [-0.1, -0.05) is 12.1 Å². The van der Waals surface area contributed by atoms with E-state index >= 15 is 0 Å². The Hall–Kier alpha value is -0.493. The molecule has 0 amide bonds. The Morgan fingerprint density at radius 3 is 2.64 bits per heavy atom. The Bertz CT molecular complexity index is 293. The van der Waals surface area contributed by atoms with Crippen LogP contribution in [0, 0.1) is 11.3 Å². The van der Waals surface area contributed by atoms with Crippen LogP contribution in [0.3, 0.4) is 0 Å². The third-order valence-corrected chi connectivity index (χ3v) is 3.64. The van der Waals surface area contributed by atoms with Crippen LogP contribution >= 0.6 is 22.2 Å². The van der Waals surface area contributed by atoms with Gasteiger partial charge in [-0.2, -0.15) is 5.26 Å². The normalized spacial score (nSPS) is 9.64. The molecule has 1 aromatic carbocycles. The van der Waals surface area contributed by atoms with Crippen molar-refractivity contribution in [3.8, 4) is 6.07 Å². The van der Waals surface area contributed by atoms with Crippen molar-refractivity contribution >= 4 is 34.8 Å². The molecule has 0 saturated carbocycles. The maximum Gasteiger partial charge on any atom is 0.266 e. The predicted octanol–water partition coefficient (Wildman–Crippen LogP) is 1.46. The molecule has 4 heteroatoms. The number of benzene rings is 1. The first-order valence-corrected chi connectivity index (χ1v) is 7.09. The number of hydrogen-bond acceptors (Lipinski definition) is 1. The minimum absolute atomic E-state index is 0.612. The van der Waals surface area contributed by atoms with E-state index in [1.54, 1.807) is 18.2 Å². The lowest BCUT2D eigenvalue weighted by atomic mass is 10.2. The van der Waals surface area contributed by atoms with E-state index in [1.807, 2.05) is 12.1 Å². The molecule has 56 valence electrons. The zero-order valence-corrected chi connectivity index (χ0v) is 8.26. The van der Waals surface area contributed by atoms with Crippen molar-refractivity contribution < 1.29 is 0 Å².